The summed E-state index contributed by atoms with van der Waals surface area (Å²) in [5, 5.41) is 3.50. The average Bonchev–Trinajstić information content (AvgIpc) is 2.34. The second-order valence-corrected chi connectivity index (χ2v) is 4.46. The summed E-state index contributed by atoms with van der Waals surface area (Å²) in [4.78, 5) is 0. The first-order valence-electron chi connectivity index (χ1n) is 6.07. The molecule has 0 bridgehead atoms. The van der Waals surface area contributed by atoms with Crippen LogP contribution in [-0.2, 0) is 13.1 Å². The third kappa shape index (κ3) is 3.86. The van der Waals surface area contributed by atoms with E-state index in [4.69, 9.17) is 0 Å². The summed E-state index contributed by atoms with van der Waals surface area (Å²) in [7, 11) is 0. The lowest BCUT2D eigenvalue weighted by Gasteiger charge is -2.09. The standard InChI is InChI=1S/C16H19N.ClH/c1-13-7-3-5-9-15(13)11-17-12-16-10-6-4-8-14(16)2;/h3-10,17H,11-12H2,1-2H3;1H. The van der Waals surface area contributed by atoms with Crippen LogP contribution in [0.25, 0.3) is 0 Å². The van der Waals surface area contributed by atoms with Crippen molar-refractivity contribution in [3.05, 3.63) is 70.8 Å². The molecule has 18 heavy (non-hydrogen) atoms. The van der Waals surface area contributed by atoms with E-state index in [0.717, 1.165) is 13.1 Å². The van der Waals surface area contributed by atoms with Gasteiger partial charge >= 0.3 is 0 Å². The van der Waals surface area contributed by atoms with Gasteiger partial charge in [0.15, 0.2) is 0 Å². The Morgan fingerprint density at radius 2 is 1.11 bits per heavy atom. The Hall–Kier alpha value is -1.31. The Bertz CT molecular complexity index is 448. The number of halogens is 1. The van der Waals surface area contributed by atoms with Crippen molar-refractivity contribution in [3.8, 4) is 0 Å². The van der Waals surface area contributed by atoms with E-state index in [0.29, 0.717) is 0 Å². The highest BCUT2D eigenvalue weighted by Gasteiger charge is 1.98. The fraction of sp³-hybridized carbons (Fsp3) is 0.250. The van der Waals surface area contributed by atoms with E-state index in [1.165, 1.54) is 22.3 Å². The van der Waals surface area contributed by atoms with Crippen molar-refractivity contribution in [2.75, 3.05) is 0 Å². The Morgan fingerprint density at radius 3 is 1.50 bits per heavy atom. The predicted molar refractivity (Wildman–Crippen MR) is 80.1 cm³/mol. The van der Waals surface area contributed by atoms with Crippen LogP contribution >= 0.6 is 12.4 Å². The maximum Gasteiger partial charge on any atom is 0.0211 e. The Balaban J connectivity index is 0.00000162. The average molecular weight is 262 g/mol. The van der Waals surface area contributed by atoms with Crippen LogP contribution in [-0.4, -0.2) is 0 Å². The molecular weight excluding hydrogens is 242 g/mol. The SMILES string of the molecule is Cc1ccccc1CNCc1ccccc1C.Cl. The summed E-state index contributed by atoms with van der Waals surface area (Å²) < 4.78 is 0. The summed E-state index contributed by atoms with van der Waals surface area (Å²) in [6.07, 6.45) is 0. The highest BCUT2D eigenvalue weighted by atomic mass is 35.5. The van der Waals surface area contributed by atoms with Crippen molar-refractivity contribution in [1.29, 1.82) is 0 Å². The molecule has 0 saturated heterocycles. The number of nitrogens with one attached hydrogen (secondary N) is 1. The van der Waals surface area contributed by atoms with Crippen molar-refractivity contribution < 1.29 is 0 Å². The molecule has 2 heteroatoms. The molecule has 0 aliphatic heterocycles. The van der Waals surface area contributed by atoms with Gasteiger partial charge < -0.3 is 5.32 Å². The molecule has 0 unspecified atom stereocenters. The Morgan fingerprint density at radius 1 is 0.722 bits per heavy atom. The summed E-state index contributed by atoms with van der Waals surface area (Å²) in [6, 6.07) is 17.0. The molecular formula is C16H20ClN. The largest absolute Gasteiger partial charge is 0.309 e. The van der Waals surface area contributed by atoms with Crippen LogP contribution in [0.15, 0.2) is 48.5 Å². The van der Waals surface area contributed by atoms with Crippen molar-refractivity contribution in [2.24, 2.45) is 0 Å². The number of benzene rings is 2. The normalized spacial score (nSPS) is 9.89. The van der Waals surface area contributed by atoms with Crippen LogP contribution in [0.2, 0.25) is 0 Å². The second kappa shape index (κ2) is 7.20. The van der Waals surface area contributed by atoms with Gasteiger partial charge in [-0.05, 0) is 36.1 Å². The lowest BCUT2D eigenvalue weighted by atomic mass is 10.1. The van der Waals surface area contributed by atoms with E-state index in [2.05, 4.69) is 67.7 Å². The molecule has 0 aliphatic rings. The number of hydrogen-bond donors (Lipinski definition) is 1. The molecule has 2 aromatic carbocycles. The molecule has 0 fully saturated rings. The molecule has 0 amide bonds. The summed E-state index contributed by atoms with van der Waals surface area (Å²) in [5.41, 5.74) is 5.46. The second-order valence-electron chi connectivity index (χ2n) is 4.46. The van der Waals surface area contributed by atoms with Gasteiger partial charge in [-0.25, -0.2) is 0 Å². The molecule has 0 aliphatic carbocycles. The zero-order valence-electron chi connectivity index (χ0n) is 10.9. The smallest absolute Gasteiger partial charge is 0.0211 e. The van der Waals surface area contributed by atoms with Gasteiger partial charge in [-0.3, -0.25) is 0 Å². The number of aryl methyl sites for hydroxylation is 2. The van der Waals surface area contributed by atoms with E-state index >= 15 is 0 Å². The molecule has 2 aromatic rings. The third-order valence-corrected chi connectivity index (χ3v) is 3.15. The van der Waals surface area contributed by atoms with Gasteiger partial charge in [0.05, 0.1) is 0 Å². The molecule has 96 valence electrons. The van der Waals surface area contributed by atoms with E-state index in [1.54, 1.807) is 0 Å². The van der Waals surface area contributed by atoms with Gasteiger partial charge in [0.2, 0.25) is 0 Å². The lowest BCUT2D eigenvalue weighted by molar-refractivity contribution is 0.688. The van der Waals surface area contributed by atoms with E-state index in [1.807, 2.05) is 0 Å². The molecule has 0 heterocycles. The summed E-state index contributed by atoms with van der Waals surface area (Å²) in [6.45, 7) is 6.18. The highest BCUT2D eigenvalue weighted by molar-refractivity contribution is 5.85. The molecule has 1 nitrogen and oxygen atoms in total. The van der Waals surface area contributed by atoms with Crippen molar-refractivity contribution >= 4 is 12.4 Å². The van der Waals surface area contributed by atoms with Crippen molar-refractivity contribution in [2.45, 2.75) is 26.9 Å². The predicted octanol–water partition coefficient (Wildman–Crippen LogP) is 4.02. The number of rotatable bonds is 4. The fourth-order valence-corrected chi connectivity index (χ4v) is 1.95. The first-order chi connectivity index (χ1) is 8.27. The molecule has 0 spiro atoms. The van der Waals surface area contributed by atoms with Gasteiger partial charge in [-0.2, -0.15) is 0 Å². The molecule has 0 atom stereocenters. The molecule has 0 saturated carbocycles. The summed E-state index contributed by atoms with van der Waals surface area (Å²) in [5.74, 6) is 0. The molecule has 1 N–H and O–H groups in total. The zero-order valence-corrected chi connectivity index (χ0v) is 11.8. The van der Waals surface area contributed by atoms with Crippen LogP contribution in [0.1, 0.15) is 22.3 Å². The third-order valence-electron chi connectivity index (χ3n) is 3.15. The minimum absolute atomic E-state index is 0. The Kier molecular flexibility index (Phi) is 5.90. The Labute approximate surface area is 116 Å². The number of hydrogen-bond acceptors (Lipinski definition) is 1. The maximum absolute atomic E-state index is 3.50. The molecule has 2 rings (SSSR count). The summed E-state index contributed by atoms with van der Waals surface area (Å²) >= 11 is 0. The van der Waals surface area contributed by atoms with Crippen LogP contribution in [0.4, 0.5) is 0 Å². The van der Waals surface area contributed by atoms with Crippen LogP contribution in [0, 0.1) is 13.8 Å². The van der Waals surface area contributed by atoms with Gasteiger partial charge in [0.1, 0.15) is 0 Å². The van der Waals surface area contributed by atoms with Crippen molar-refractivity contribution in [1.82, 2.24) is 5.32 Å². The lowest BCUT2D eigenvalue weighted by Crippen LogP contribution is -2.14. The molecule has 0 radical (unpaired) electrons. The van der Waals surface area contributed by atoms with Gasteiger partial charge in [0, 0.05) is 13.1 Å². The highest BCUT2D eigenvalue weighted by Crippen LogP contribution is 2.09. The van der Waals surface area contributed by atoms with E-state index in [9.17, 15) is 0 Å². The van der Waals surface area contributed by atoms with Gasteiger partial charge in [-0.15, -0.1) is 12.4 Å². The minimum Gasteiger partial charge on any atom is -0.309 e. The molecule has 0 aromatic heterocycles. The minimum atomic E-state index is 0. The van der Waals surface area contributed by atoms with E-state index < -0.39 is 0 Å². The fourth-order valence-electron chi connectivity index (χ4n) is 1.95. The van der Waals surface area contributed by atoms with E-state index in [-0.39, 0.29) is 12.4 Å². The van der Waals surface area contributed by atoms with Gasteiger partial charge in [0.25, 0.3) is 0 Å². The monoisotopic (exact) mass is 261 g/mol. The maximum atomic E-state index is 3.50. The van der Waals surface area contributed by atoms with Gasteiger partial charge in [-0.1, -0.05) is 48.5 Å². The van der Waals surface area contributed by atoms with Crippen LogP contribution in [0.3, 0.4) is 0 Å². The van der Waals surface area contributed by atoms with Crippen molar-refractivity contribution in [3.63, 3.8) is 0 Å². The first-order valence-corrected chi connectivity index (χ1v) is 6.07. The van der Waals surface area contributed by atoms with Crippen LogP contribution in [0.5, 0.6) is 0 Å². The van der Waals surface area contributed by atoms with Crippen LogP contribution < -0.4 is 5.32 Å². The first kappa shape index (κ1) is 14.7. The zero-order chi connectivity index (χ0) is 12.1. The quantitative estimate of drug-likeness (QED) is 0.877. The topological polar surface area (TPSA) is 12.0 Å².